The molecule has 2 aromatic rings. The second kappa shape index (κ2) is 10.0. The van der Waals surface area contributed by atoms with Crippen LogP contribution in [0.5, 0.6) is 5.75 Å². The zero-order valence-corrected chi connectivity index (χ0v) is 15.9. The molecule has 0 aliphatic carbocycles. The van der Waals surface area contributed by atoms with E-state index in [9.17, 15) is 0 Å². The number of guanidine groups is 1. The summed E-state index contributed by atoms with van der Waals surface area (Å²) in [4.78, 5) is 4.20. The Kier molecular flexibility index (Phi) is 8.38. The Morgan fingerprint density at radius 1 is 1.22 bits per heavy atom. The Balaban J connectivity index is 0.00000264. The van der Waals surface area contributed by atoms with Crippen molar-refractivity contribution in [1.29, 1.82) is 0 Å². The third kappa shape index (κ3) is 5.70. The number of hydrogen-bond acceptors (Lipinski definition) is 4. The van der Waals surface area contributed by atoms with Gasteiger partial charge in [0.2, 0.25) is 0 Å². The van der Waals surface area contributed by atoms with Crippen LogP contribution in [0.4, 0.5) is 0 Å². The van der Waals surface area contributed by atoms with E-state index in [4.69, 9.17) is 4.74 Å². The highest BCUT2D eigenvalue weighted by molar-refractivity contribution is 14.0. The van der Waals surface area contributed by atoms with Gasteiger partial charge in [0.1, 0.15) is 12.1 Å². The fraction of sp³-hybridized carbons (Fsp3) is 0.400. The number of nitrogens with one attached hydrogen (secondary N) is 2. The van der Waals surface area contributed by atoms with Crippen LogP contribution in [0.2, 0.25) is 0 Å². The van der Waals surface area contributed by atoms with Crippen LogP contribution >= 0.6 is 24.0 Å². The van der Waals surface area contributed by atoms with E-state index >= 15 is 0 Å². The first-order valence-electron chi connectivity index (χ1n) is 7.21. The summed E-state index contributed by atoms with van der Waals surface area (Å²) in [5.41, 5.74) is 1.15. The van der Waals surface area contributed by atoms with Crippen molar-refractivity contribution in [2.45, 2.75) is 26.6 Å². The van der Waals surface area contributed by atoms with Crippen LogP contribution in [0, 0.1) is 0 Å². The van der Waals surface area contributed by atoms with Gasteiger partial charge in [-0.2, -0.15) is 0 Å². The molecule has 126 valence electrons. The van der Waals surface area contributed by atoms with Gasteiger partial charge >= 0.3 is 0 Å². The van der Waals surface area contributed by atoms with E-state index in [1.165, 1.54) is 0 Å². The summed E-state index contributed by atoms with van der Waals surface area (Å²) in [5, 5.41) is 14.5. The molecule has 8 heteroatoms. The molecule has 0 fully saturated rings. The molecule has 1 aromatic heterocycles. The summed E-state index contributed by atoms with van der Waals surface area (Å²) in [5.74, 6) is 2.46. The fourth-order valence-electron chi connectivity index (χ4n) is 1.99. The second-order valence-corrected chi connectivity index (χ2v) is 4.66. The number of aliphatic imine (C=N–C) groups is 1. The Morgan fingerprint density at radius 3 is 2.52 bits per heavy atom. The van der Waals surface area contributed by atoms with Gasteiger partial charge in [0.15, 0.2) is 11.8 Å². The molecule has 0 radical (unpaired) electrons. The molecule has 0 saturated heterocycles. The number of ether oxygens (including phenoxy) is 1. The molecule has 0 amide bonds. The molecule has 2 rings (SSSR count). The number of aryl methyl sites for hydroxylation is 1. The summed E-state index contributed by atoms with van der Waals surface area (Å²) in [6.45, 7) is 4.17. The second-order valence-electron chi connectivity index (χ2n) is 4.66. The largest absolute Gasteiger partial charge is 0.497 e. The highest BCUT2D eigenvalue weighted by Crippen LogP contribution is 2.10. The van der Waals surface area contributed by atoms with Gasteiger partial charge < -0.3 is 19.9 Å². The summed E-state index contributed by atoms with van der Waals surface area (Å²) >= 11 is 0. The number of rotatable bonds is 6. The van der Waals surface area contributed by atoms with Crippen molar-refractivity contribution >= 4 is 29.9 Å². The minimum Gasteiger partial charge on any atom is -0.497 e. The molecule has 0 spiro atoms. The van der Waals surface area contributed by atoms with Crippen LogP contribution in [0.15, 0.2) is 35.6 Å². The zero-order valence-electron chi connectivity index (χ0n) is 13.6. The average Bonchev–Trinajstić information content (AvgIpc) is 3.03. The molecular weight excluding hydrogens is 407 g/mol. The maximum Gasteiger partial charge on any atom is 0.191 e. The lowest BCUT2D eigenvalue weighted by molar-refractivity contribution is 0.414. The first-order chi connectivity index (χ1) is 10.8. The maximum absolute atomic E-state index is 5.15. The quantitative estimate of drug-likeness (QED) is 0.415. The van der Waals surface area contributed by atoms with Crippen LogP contribution in [0.3, 0.4) is 0 Å². The molecule has 0 unspecified atom stereocenters. The molecule has 2 N–H and O–H groups in total. The number of methoxy groups -OCH3 is 1. The number of benzene rings is 1. The van der Waals surface area contributed by atoms with Crippen LogP contribution in [-0.4, -0.2) is 34.9 Å². The molecule has 0 aliphatic heterocycles. The maximum atomic E-state index is 5.15. The Morgan fingerprint density at radius 2 is 1.91 bits per heavy atom. The van der Waals surface area contributed by atoms with Gasteiger partial charge in [-0.3, -0.25) is 4.99 Å². The van der Waals surface area contributed by atoms with Gasteiger partial charge in [-0.05, 0) is 24.6 Å². The van der Waals surface area contributed by atoms with Crippen molar-refractivity contribution in [2.75, 3.05) is 14.2 Å². The van der Waals surface area contributed by atoms with E-state index in [-0.39, 0.29) is 24.0 Å². The molecule has 7 nitrogen and oxygen atoms in total. The lowest BCUT2D eigenvalue weighted by Crippen LogP contribution is -2.37. The van der Waals surface area contributed by atoms with Crippen LogP contribution in [0.1, 0.15) is 18.3 Å². The molecular formula is C15H23IN6O. The third-order valence-corrected chi connectivity index (χ3v) is 3.29. The van der Waals surface area contributed by atoms with Gasteiger partial charge in [0, 0.05) is 20.1 Å². The van der Waals surface area contributed by atoms with Crippen molar-refractivity contribution in [1.82, 2.24) is 25.4 Å². The summed E-state index contributed by atoms with van der Waals surface area (Å²) < 4.78 is 7.14. The highest BCUT2D eigenvalue weighted by atomic mass is 127. The Hall–Kier alpha value is -1.84. The van der Waals surface area contributed by atoms with Gasteiger partial charge in [0.05, 0.1) is 13.7 Å². The van der Waals surface area contributed by atoms with E-state index < -0.39 is 0 Å². The minimum atomic E-state index is 0. The third-order valence-electron chi connectivity index (χ3n) is 3.29. The number of aromatic nitrogens is 3. The molecule has 0 bridgehead atoms. The molecule has 1 heterocycles. The van der Waals surface area contributed by atoms with Gasteiger partial charge in [-0.1, -0.05) is 12.1 Å². The van der Waals surface area contributed by atoms with E-state index in [1.807, 2.05) is 28.8 Å². The first kappa shape index (κ1) is 19.2. The van der Waals surface area contributed by atoms with Crippen molar-refractivity contribution in [3.8, 4) is 5.75 Å². The Labute approximate surface area is 153 Å². The van der Waals surface area contributed by atoms with E-state index in [2.05, 4.69) is 32.7 Å². The molecule has 1 aromatic carbocycles. The lowest BCUT2D eigenvalue weighted by Gasteiger charge is -2.12. The lowest BCUT2D eigenvalue weighted by atomic mass is 10.2. The number of halogens is 1. The monoisotopic (exact) mass is 430 g/mol. The molecule has 0 atom stereocenters. The van der Waals surface area contributed by atoms with E-state index in [0.717, 1.165) is 29.6 Å². The van der Waals surface area contributed by atoms with Crippen LogP contribution < -0.4 is 15.4 Å². The predicted octanol–water partition coefficient (Wildman–Crippen LogP) is 1.79. The van der Waals surface area contributed by atoms with E-state index in [1.54, 1.807) is 20.5 Å². The van der Waals surface area contributed by atoms with Crippen LogP contribution in [0.25, 0.3) is 0 Å². The van der Waals surface area contributed by atoms with Gasteiger partial charge in [-0.25, -0.2) is 0 Å². The predicted molar refractivity (Wildman–Crippen MR) is 101 cm³/mol. The Bertz CT molecular complexity index is 611. The fourth-order valence-corrected chi connectivity index (χ4v) is 1.99. The summed E-state index contributed by atoms with van der Waals surface area (Å²) in [6, 6.07) is 7.92. The summed E-state index contributed by atoms with van der Waals surface area (Å²) in [7, 11) is 3.40. The SMILES string of the molecule is CCn1cnnc1CNC(=NC)NCc1ccc(OC)cc1.I. The van der Waals surface area contributed by atoms with Crippen LogP contribution in [-0.2, 0) is 19.6 Å². The van der Waals surface area contributed by atoms with E-state index in [0.29, 0.717) is 13.1 Å². The van der Waals surface area contributed by atoms with Gasteiger partial charge in [0.25, 0.3) is 0 Å². The highest BCUT2D eigenvalue weighted by Gasteiger charge is 2.04. The number of hydrogen-bond donors (Lipinski definition) is 2. The molecule has 23 heavy (non-hydrogen) atoms. The zero-order chi connectivity index (χ0) is 15.8. The van der Waals surface area contributed by atoms with Crippen molar-refractivity contribution in [3.63, 3.8) is 0 Å². The van der Waals surface area contributed by atoms with Crippen molar-refractivity contribution in [3.05, 3.63) is 42.0 Å². The first-order valence-corrected chi connectivity index (χ1v) is 7.21. The molecule has 0 saturated carbocycles. The van der Waals surface area contributed by atoms with Gasteiger partial charge in [-0.15, -0.1) is 34.2 Å². The minimum absolute atomic E-state index is 0. The normalized spacial score (nSPS) is 10.8. The number of nitrogens with zero attached hydrogens (tertiary/aromatic N) is 4. The topological polar surface area (TPSA) is 76.4 Å². The standard InChI is InChI=1S/C15H22N6O.HI/c1-4-21-11-19-20-14(21)10-18-15(16-2)17-9-12-5-7-13(22-3)8-6-12;/h5-8,11H,4,9-10H2,1-3H3,(H2,16,17,18);1H. The average molecular weight is 430 g/mol. The smallest absolute Gasteiger partial charge is 0.191 e. The summed E-state index contributed by atoms with van der Waals surface area (Å²) in [6.07, 6.45) is 1.73. The molecule has 0 aliphatic rings. The van der Waals surface area contributed by atoms with Crippen molar-refractivity contribution in [2.24, 2.45) is 4.99 Å². The van der Waals surface area contributed by atoms with Crippen molar-refractivity contribution < 1.29 is 4.74 Å².